The van der Waals surface area contributed by atoms with Gasteiger partial charge < -0.3 is 0 Å². The quantitative estimate of drug-likeness (QED) is 0.536. The molecule has 1 nitrogen and oxygen atoms in total. The van der Waals surface area contributed by atoms with Crippen molar-refractivity contribution >= 4 is 0 Å². The van der Waals surface area contributed by atoms with Crippen LogP contribution in [0.15, 0.2) is 0 Å². The number of likely N-dealkylation sites (tertiary alicyclic amines) is 1. The summed E-state index contributed by atoms with van der Waals surface area (Å²) in [6.45, 7) is 12.2. The van der Waals surface area contributed by atoms with Crippen molar-refractivity contribution in [3.63, 3.8) is 0 Å². The van der Waals surface area contributed by atoms with Crippen LogP contribution in [0.2, 0.25) is 0 Å². The van der Waals surface area contributed by atoms with E-state index >= 15 is 0 Å². The van der Waals surface area contributed by atoms with Crippen LogP contribution in [0.1, 0.15) is 40.5 Å². The van der Waals surface area contributed by atoms with E-state index in [-0.39, 0.29) is 0 Å². The van der Waals surface area contributed by atoms with Crippen LogP contribution in [-0.4, -0.2) is 23.5 Å². The van der Waals surface area contributed by atoms with Gasteiger partial charge in [-0.2, -0.15) is 0 Å². The van der Waals surface area contributed by atoms with Crippen LogP contribution in [0.5, 0.6) is 0 Å². The van der Waals surface area contributed by atoms with Crippen molar-refractivity contribution in [3.8, 4) is 0 Å². The topological polar surface area (TPSA) is 3.24 Å². The molecule has 0 N–H and O–H groups in total. The second-order valence-electron chi connectivity index (χ2n) is 5.94. The van der Waals surface area contributed by atoms with Crippen LogP contribution >= 0.6 is 0 Å². The van der Waals surface area contributed by atoms with Crippen molar-refractivity contribution in [2.24, 2.45) is 11.3 Å². The molecule has 1 heterocycles. The maximum Gasteiger partial charge on any atom is 0.0125 e. The highest BCUT2D eigenvalue weighted by atomic mass is 15.2. The van der Waals surface area contributed by atoms with Crippen molar-refractivity contribution in [2.45, 2.75) is 46.1 Å². The highest BCUT2D eigenvalue weighted by Gasteiger charge is 2.51. The minimum absolute atomic E-state index is 0.389. The van der Waals surface area contributed by atoms with Crippen molar-refractivity contribution < 1.29 is 0 Å². The molecule has 2 aliphatic rings. The van der Waals surface area contributed by atoms with Crippen molar-refractivity contribution in [1.29, 1.82) is 0 Å². The summed E-state index contributed by atoms with van der Waals surface area (Å²) in [4.78, 5) is 2.66. The molecule has 1 aliphatic carbocycles. The zero-order valence-corrected chi connectivity index (χ0v) is 8.85. The molecule has 12 heavy (non-hydrogen) atoms. The fourth-order valence-corrected chi connectivity index (χ4v) is 2.64. The van der Waals surface area contributed by atoms with Crippen molar-refractivity contribution in [2.75, 3.05) is 13.1 Å². The number of fused-ring (bicyclic) bond motifs is 1. The Hall–Kier alpha value is -0.0400. The Labute approximate surface area is 76.1 Å². The Bertz CT molecular complexity index is 192. The number of hydrogen-bond donors (Lipinski definition) is 0. The van der Waals surface area contributed by atoms with Crippen LogP contribution in [-0.2, 0) is 0 Å². The lowest BCUT2D eigenvalue weighted by Gasteiger charge is -2.41. The summed E-state index contributed by atoms with van der Waals surface area (Å²) in [6.07, 6.45) is 2.94. The molecule has 0 aromatic rings. The predicted octanol–water partition coefficient (Wildman–Crippen LogP) is 2.52. The van der Waals surface area contributed by atoms with Gasteiger partial charge in [-0.05, 0) is 44.9 Å². The van der Waals surface area contributed by atoms with Gasteiger partial charge in [0.1, 0.15) is 0 Å². The van der Waals surface area contributed by atoms with Crippen LogP contribution in [0.25, 0.3) is 0 Å². The van der Waals surface area contributed by atoms with Crippen LogP contribution in [0.4, 0.5) is 0 Å². The maximum atomic E-state index is 2.66. The molecule has 2 atom stereocenters. The number of nitrogens with zero attached hydrogens (tertiary/aromatic N) is 1. The molecule has 0 bridgehead atoms. The first-order valence-corrected chi connectivity index (χ1v) is 5.17. The Kier molecular flexibility index (Phi) is 1.61. The Morgan fingerprint density at radius 1 is 1.33 bits per heavy atom. The molecule has 1 saturated carbocycles. The second kappa shape index (κ2) is 2.25. The molecule has 1 heteroatoms. The summed E-state index contributed by atoms with van der Waals surface area (Å²) in [7, 11) is 0. The van der Waals surface area contributed by atoms with Gasteiger partial charge in [0.2, 0.25) is 0 Å². The maximum absolute atomic E-state index is 2.66. The molecule has 1 saturated heterocycles. The monoisotopic (exact) mass is 167 g/mol. The average molecular weight is 167 g/mol. The Morgan fingerprint density at radius 2 is 2.00 bits per heavy atom. The first kappa shape index (κ1) is 8.55. The Balaban J connectivity index is 2.07. The van der Waals surface area contributed by atoms with Crippen LogP contribution in [0, 0.1) is 11.3 Å². The SMILES string of the molecule is CC12CCC1CN(C(C)(C)C)C2. The first-order valence-electron chi connectivity index (χ1n) is 5.17. The summed E-state index contributed by atoms with van der Waals surface area (Å²) < 4.78 is 0. The van der Waals surface area contributed by atoms with E-state index < -0.39 is 0 Å². The molecular weight excluding hydrogens is 146 g/mol. The molecule has 2 unspecified atom stereocenters. The van der Waals surface area contributed by atoms with E-state index in [0.29, 0.717) is 11.0 Å². The smallest absolute Gasteiger partial charge is 0.0125 e. The van der Waals surface area contributed by atoms with Gasteiger partial charge in [-0.3, -0.25) is 4.90 Å². The fourth-order valence-electron chi connectivity index (χ4n) is 2.64. The highest BCUT2D eigenvalue weighted by Crippen LogP contribution is 2.52. The molecule has 70 valence electrons. The van der Waals surface area contributed by atoms with E-state index in [0.717, 1.165) is 5.92 Å². The summed E-state index contributed by atoms with van der Waals surface area (Å²) in [6, 6.07) is 0. The van der Waals surface area contributed by atoms with Crippen LogP contribution in [0.3, 0.4) is 0 Å². The number of rotatable bonds is 0. The zero-order valence-electron chi connectivity index (χ0n) is 8.85. The summed E-state index contributed by atoms with van der Waals surface area (Å²) in [5, 5.41) is 0. The normalized spacial score (nSPS) is 42.5. The van der Waals surface area contributed by atoms with Gasteiger partial charge in [-0.1, -0.05) is 6.92 Å². The lowest BCUT2D eigenvalue weighted by molar-refractivity contribution is 0.103. The fraction of sp³-hybridized carbons (Fsp3) is 1.00. The van der Waals surface area contributed by atoms with E-state index in [2.05, 4.69) is 32.6 Å². The lowest BCUT2D eigenvalue weighted by atomic mass is 9.64. The van der Waals surface area contributed by atoms with Gasteiger partial charge in [0, 0.05) is 18.6 Å². The molecule has 0 aromatic carbocycles. The first-order chi connectivity index (χ1) is 5.42. The average Bonchev–Trinajstić information content (AvgIpc) is 2.11. The van der Waals surface area contributed by atoms with Gasteiger partial charge in [-0.25, -0.2) is 0 Å². The third-order valence-corrected chi connectivity index (χ3v) is 3.99. The van der Waals surface area contributed by atoms with E-state index in [1.165, 1.54) is 25.9 Å². The standard InChI is InChI=1S/C11H21N/c1-10(2,3)12-7-9-5-6-11(9,4)8-12/h9H,5-8H2,1-4H3. The van der Waals surface area contributed by atoms with Crippen molar-refractivity contribution in [1.82, 2.24) is 4.90 Å². The third kappa shape index (κ3) is 1.10. The highest BCUT2D eigenvalue weighted by molar-refractivity contribution is 5.03. The van der Waals surface area contributed by atoms with Gasteiger partial charge in [0.05, 0.1) is 0 Å². The summed E-state index contributed by atoms with van der Waals surface area (Å²) in [5.41, 5.74) is 1.08. The predicted molar refractivity (Wildman–Crippen MR) is 52.2 cm³/mol. The van der Waals surface area contributed by atoms with E-state index in [1.807, 2.05) is 0 Å². The van der Waals surface area contributed by atoms with E-state index in [4.69, 9.17) is 0 Å². The molecule has 0 radical (unpaired) electrons. The zero-order chi connectivity index (χ0) is 8.98. The number of hydrogen-bond acceptors (Lipinski definition) is 1. The second-order valence-corrected chi connectivity index (χ2v) is 5.94. The van der Waals surface area contributed by atoms with Crippen molar-refractivity contribution in [3.05, 3.63) is 0 Å². The van der Waals surface area contributed by atoms with Gasteiger partial charge in [0.25, 0.3) is 0 Å². The van der Waals surface area contributed by atoms with Gasteiger partial charge >= 0.3 is 0 Å². The molecule has 2 fully saturated rings. The van der Waals surface area contributed by atoms with E-state index in [1.54, 1.807) is 0 Å². The van der Waals surface area contributed by atoms with E-state index in [9.17, 15) is 0 Å². The molecular formula is C11H21N. The molecule has 0 aromatic heterocycles. The summed E-state index contributed by atoms with van der Waals surface area (Å²) in [5.74, 6) is 1.01. The molecule has 2 rings (SSSR count). The Morgan fingerprint density at radius 3 is 2.25 bits per heavy atom. The molecule has 0 spiro atoms. The largest absolute Gasteiger partial charge is 0.298 e. The molecule has 0 amide bonds. The molecule has 1 aliphatic heterocycles. The minimum atomic E-state index is 0.389. The minimum Gasteiger partial charge on any atom is -0.298 e. The third-order valence-electron chi connectivity index (χ3n) is 3.99. The lowest BCUT2D eigenvalue weighted by Crippen LogP contribution is -2.40. The van der Waals surface area contributed by atoms with Gasteiger partial charge in [0.15, 0.2) is 0 Å². The van der Waals surface area contributed by atoms with Gasteiger partial charge in [-0.15, -0.1) is 0 Å². The van der Waals surface area contributed by atoms with Crippen LogP contribution < -0.4 is 0 Å². The summed E-state index contributed by atoms with van der Waals surface area (Å²) >= 11 is 0.